The molecule has 12 N–H and O–H groups in total. The van der Waals surface area contributed by atoms with Gasteiger partial charge >= 0.3 is 0 Å². The molecule has 0 aliphatic carbocycles. The van der Waals surface area contributed by atoms with E-state index in [0.29, 0.717) is 6.42 Å². The fraction of sp³-hybridized carbons (Fsp3) is 0.959. The van der Waals surface area contributed by atoms with Crippen molar-refractivity contribution in [1.29, 1.82) is 0 Å². The molecule has 3 saturated heterocycles. The van der Waals surface area contributed by atoms with E-state index in [2.05, 4.69) is 19.2 Å². The Balaban J connectivity index is 1.21. The van der Waals surface area contributed by atoms with Gasteiger partial charge < -0.3 is 89.9 Å². The molecule has 0 saturated carbocycles. The summed E-state index contributed by atoms with van der Waals surface area (Å²) >= 11 is 0. The van der Waals surface area contributed by atoms with Crippen LogP contribution < -0.4 is 5.32 Å². The maximum Gasteiger partial charge on any atom is 0.220 e. The van der Waals surface area contributed by atoms with Gasteiger partial charge in [-0.1, -0.05) is 302 Å². The number of hydrogen-bond donors (Lipinski definition) is 12. The molecule has 0 spiro atoms. The van der Waals surface area contributed by atoms with E-state index in [4.69, 9.17) is 28.4 Å². The number of nitrogens with one attached hydrogen (secondary N) is 1. The van der Waals surface area contributed by atoms with Crippen molar-refractivity contribution < 1.29 is 89.4 Å². The highest BCUT2D eigenvalue weighted by atomic mass is 16.8. The van der Waals surface area contributed by atoms with E-state index in [1.807, 2.05) is 6.08 Å². The monoisotopic (exact) mass is 1320 g/mol. The molecule has 17 atom stereocenters. The van der Waals surface area contributed by atoms with Gasteiger partial charge in [0.2, 0.25) is 5.91 Å². The van der Waals surface area contributed by atoms with Crippen LogP contribution in [0.2, 0.25) is 0 Å². The van der Waals surface area contributed by atoms with Crippen LogP contribution in [0.4, 0.5) is 0 Å². The lowest BCUT2D eigenvalue weighted by Gasteiger charge is -2.48. The average molecular weight is 1320 g/mol. The minimum Gasteiger partial charge on any atom is -0.394 e. The second kappa shape index (κ2) is 55.4. The largest absolute Gasteiger partial charge is 0.394 e. The molecule has 3 aliphatic heterocycles. The third-order valence-electron chi connectivity index (χ3n) is 19.3. The average Bonchev–Trinajstić information content (AvgIpc) is 0.848. The molecule has 19 nitrogen and oxygen atoms in total. The molecule has 17 unspecified atom stereocenters. The highest BCUT2D eigenvalue weighted by Gasteiger charge is 2.53. The maximum absolute atomic E-state index is 13.3. The zero-order valence-corrected chi connectivity index (χ0v) is 57.8. The smallest absolute Gasteiger partial charge is 0.220 e. The lowest BCUT2D eigenvalue weighted by Crippen LogP contribution is -2.66. The van der Waals surface area contributed by atoms with Crippen LogP contribution in [-0.4, -0.2) is 193 Å². The van der Waals surface area contributed by atoms with Crippen molar-refractivity contribution in [2.24, 2.45) is 0 Å². The van der Waals surface area contributed by atoms with Gasteiger partial charge in [-0.2, -0.15) is 0 Å². The molecule has 3 rings (SSSR count). The molecule has 92 heavy (non-hydrogen) atoms. The quantitative estimate of drug-likeness (QED) is 0.0199. The Bertz CT molecular complexity index is 1720. The third-order valence-corrected chi connectivity index (χ3v) is 19.3. The molecule has 0 aromatic carbocycles. The Morgan fingerprint density at radius 1 is 0.380 bits per heavy atom. The molecule has 544 valence electrons. The van der Waals surface area contributed by atoms with Crippen LogP contribution in [0.15, 0.2) is 12.2 Å². The van der Waals surface area contributed by atoms with Crippen LogP contribution >= 0.6 is 0 Å². The maximum atomic E-state index is 13.3. The highest BCUT2D eigenvalue weighted by molar-refractivity contribution is 5.76. The SMILES string of the molecule is CCCCCCC/C=C/C(O)C(COC1OC(CO)C(OC2OC(CO)C(OC3OC(CO)C(O)C(O)C3O)C(O)C2O)C(O)C1O)NC(=O)CCCCCCCCCCCCCCCCCCCCCCCCCCCCCCCCCCCCCCCCCC. The third kappa shape index (κ3) is 36.4. The predicted octanol–water partition coefficient (Wildman–Crippen LogP) is 11.2. The summed E-state index contributed by atoms with van der Waals surface area (Å²) in [6.07, 6.45) is 37.4. The van der Waals surface area contributed by atoms with E-state index in [-0.39, 0.29) is 18.9 Å². The van der Waals surface area contributed by atoms with E-state index >= 15 is 0 Å². The fourth-order valence-corrected chi connectivity index (χ4v) is 13.2. The standard InChI is InChI=1S/C73H139NO18/c1-3-5-7-9-11-12-13-14-15-16-17-18-19-20-21-22-23-24-25-26-27-28-29-30-31-32-33-34-35-36-37-38-39-40-41-42-43-45-47-49-51-61(79)74-56(57(78)50-48-46-44-10-8-6-4-2)55-87-71-67(85)64(82)69(59(53-76)89-71)92-73-68(86)65(83)70(60(54-77)90-73)91-72-66(84)63(81)62(80)58(52-75)88-72/h48,50,56-60,62-73,75-78,80-86H,3-47,49,51-55H2,1-2H3,(H,74,79)/b50-48+. The summed E-state index contributed by atoms with van der Waals surface area (Å²) in [5, 5.41) is 120. The van der Waals surface area contributed by atoms with E-state index in [9.17, 15) is 61.0 Å². The molecule has 0 radical (unpaired) electrons. The molecular formula is C73H139NO18. The molecule has 0 aromatic rings. The van der Waals surface area contributed by atoms with Crippen LogP contribution in [-0.2, 0) is 33.2 Å². The Kier molecular flexibility index (Phi) is 51.0. The van der Waals surface area contributed by atoms with Gasteiger partial charge in [0, 0.05) is 6.42 Å². The number of allylic oxidation sites excluding steroid dienone is 1. The zero-order valence-electron chi connectivity index (χ0n) is 57.8. The summed E-state index contributed by atoms with van der Waals surface area (Å²) in [4.78, 5) is 13.3. The normalized spacial score (nSPS) is 27.7. The highest BCUT2D eigenvalue weighted by Crippen LogP contribution is 2.33. The first-order valence-corrected chi connectivity index (χ1v) is 37.9. The molecular weight excluding hydrogens is 1180 g/mol. The minimum atomic E-state index is -1.97. The summed E-state index contributed by atoms with van der Waals surface area (Å²) in [5.41, 5.74) is 0. The summed E-state index contributed by atoms with van der Waals surface area (Å²) < 4.78 is 34.2. The van der Waals surface area contributed by atoms with Crippen molar-refractivity contribution in [2.75, 3.05) is 26.4 Å². The van der Waals surface area contributed by atoms with Crippen molar-refractivity contribution >= 4 is 5.91 Å². The van der Waals surface area contributed by atoms with Crippen molar-refractivity contribution in [3.8, 4) is 0 Å². The summed E-state index contributed by atoms with van der Waals surface area (Å²) in [5.74, 6) is -0.274. The summed E-state index contributed by atoms with van der Waals surface area (Å²) in [7, 11) is 0. The first kappa shape index (κ1) is 84.8. The first-order chi connectivity index (χ1) is 44.8. The fourth-order valence-electron chi connectivity index (χ4n) is 13.2. The molecule has 0 aromatic heterocycles. The molecule has 1 amide bonds. The van der Waals surface area contributed by atoms with Crippen molar-refractivity contribution in [3.05, 3.63) is 12.2 Å². The number of rotatable bonds is 60. The topological polar surface area (TPSA) is 307 Å². The molecule has 3 aliphatic rings. The molecule has 3 heterocycles. The van der Waals surface area contributed by atoms with Crippen molar-refractivity contribution in [1.82, 2.24) is 5.32 Å². The number of carbonyl (C=O) groups is 1. The second-order valence-electron chi connectivity index (χ2n) is 27.5. The predicted molar refractivity (Wildman–Crippen MR) is 360 cm³/mol. The minimum absolute atomic E-state index is 0.249. The molecule has 19 heteroatoms. The summed E-state index contributed by atoms with van der Waals surface area (Å²) in [6, 6.07) is -0.966. The Labute approximate surface area is 556 Å². The Morgan fingerprint density at radius 3 is 1.02 bits per heavy atom. The molecule has 3 fully saturated rings. The van der Waals surface area contributed by atoms with E-state index in [1.54, 1.807) is 6.08 Å². The van der Waals surface area contributed by atoms with E-state index in [1.165, 1.54) is 231 Å². The van der Waals surface area contributed by atoms with Crippen molar-refractivity contribution in [3.63, 3.8) is 0 Å². The van der Waals surface area contributed by atoms with Crippen molar-refractivity contribution in [2.45, 2.75) is 420 Å². The van der Waals surface area contributed by atoms with E-state index in [0.717, 1.165) is 57.8 Å². The van der Waals surface area contributed by atoms with Gasteiger partial charge in [0.05, 0.1) is 38.6 Å². The van der Waals surface area contributed by atoms with Gasteiger partial charge in [-0.25, -0.2) is 0 Å². The van der Waals surface area contributed by atoms with Gasteiger partial charge in [-0.05, 0) is 19.3 Å². The van der Waals surface area contributed by atoms with Gasteiger partial charge in [-0.3, -0.25) is 4.79 Å². The number of unbranched alkanes of at least 4 members (excludes halogenated alkanes) is 44. The van der Waals surface area contributed by atoms with Gasteiger partial charge in [0.1, 0.15) is 73.2 Å². The van der Waals surface area contributed by atoms with Gasteiger partial charge in [0.15, 0.2) is 18.9 Å². The Hall–Kier alpha value is -1.47. The number of amides is 1. The van der Waals surface area contributed by atoms with E-state index < -0.39 is 124 Å². The van der Waals surface area contributed by atoms with Crippen LogP contribution in [0.25, 0.3) is 0 Å². The molecule has 0 bridgehead atoms. The number of hydrogen-bond acceptors (Lipinski definition) is 18. The summed E-state index contributed by atoms with van der Waals surface area (Å²) in [6.45, 7) is 1.69. The zero-order chi connectivity index (χ0) is 66.8. The van der Waals surface area contributed by atoms with Crippen LogP contribution in [0.5, 0.6) is 0 Å². The second-order valence-corrected chi connectivity index (χ2v) is 27.5. The van der Waals surface area contributed by atoms with Gasteiger partial charge in [-0.15, -0.1) is 0 Å². The van der Waals surface area contributed by atoms with Gasteiger partial charge in [0.25, 0.3) is 0 Å². The number of ether oxygens (including phenoxy) is 6. The number of carbonyl (C=O) groups excluding carboxylic acids is 1. The lowest BCUT2D eigenvalue weighted by atomic mass is 9.96. The van der Waals surface area contributed by atoms with Crippen LogP contribution in [0.3, 0.4) is 0 Å². The lowest BCUT2D eigenvalue weighted by molar-refractivity contribution is -0.379. The number of aliphatic hydroxyl groups excluding tert-OH is 11. The number of aliphatic hydroxyl groups is 11. The van der Waals surface area contributed by atoms with Crippen LogP contribution in [0.1, 0.15) is 316 Å². The first-order valence-electron chi connectivity index (χ1n) is 37.9. The van der Waals surface area contributed by atoms with Crippen LogP contribution in [0, 0.1) is 0 Å². The Morgan fingerprint density at radius 2 is 0.674 bits per heavy atom.